The third-order valence-electron chi connectivity index (χ3n) is 4.70. The van der Waals surface area contributed by atoms with Gasteiger partial charge in [-0.2, -0.15) is 0 Å². The van der Waals surface area contributed by atoms with Crippen molar-refractivity contribution in [3.05, 3.63) is 65.7 Å². The van der Waals surface area contributed by atoms with Crippen molar-refractivity contribution in [2.24, 2.45) is 0 Å². The molecule has 27 heavy (non-hydrogen) atoms. The maximum atomic E-state index is 12.8. The molecule has 0 aliphatic heterocycles. The highest BCUT2D eigenvalue weighted by Crippen LogP contribution is 2.21. The van der Waals surface area contributed by atoms with Crippen LogP contribution in [0.4, 0.5) is 0 Å². The summed E-state index contributed by atoms with van der Waals surface area (Å²) in [6.45, 7) is 8.49. The Morgan fingerprint density at radius 2 is 1.41 bits per heavy atom. The van der Waals surface area contributed by atoms with Crippen LogP contribution in [0.15, 0.2) is 54.6 Å². The first-order valence-electron chi connectivity index (χ1n) is 10.3. The van der Waals surface area contributed by atoms with Gasteiger partial charge in [-0.25, -0.2) is 0 Å². The third kappa shape index (κ3) is 7.18. The van der Waals surface area contributed by atoms with E-state index in [9.17, 15) is 4.79 Å². The van der Waals surface area contributed by atoms with E-state index in [1.807, 2.05) is 54.6 Å². The van der Waals surface area contributed by atoms with Crippen molar-refractivity contribution in [3.8, 4) is 5.75 Å². The van der Waals surface area contributed by atoms with E-state index >= 15 is 0 Å². The number of hydrogen-bond acceptors (Lipinski definition) is 3. The van der Waals surface area contributed by atoms with E-state index in [0.717, 1.165) is 13.0 Å². The van der Waals surface area contributed by atoms with Crippen molar-refractivity contribution < 1.29 is 9.53 Å². The highest BCUT2D eigenvalue weighted by Gasteiger charge is 2.14. The number of ether oxygens (including phenoxy) is 1. The number of carbonyl (C=O) groups is 1. The second-order valence-electron chi connectivity index (χ2n) is 6.94. The smallest absolute Gasteiger partial charge is 0.196 e. The molecule has 0 fully saturated rings. The summed E-state index contributed by atoms with van der Waals surface area (Å²) in [4.78, 5) is 15.3. The maximum absolute atomic E-state index is 12.8. The Kier molecular flexibility index (Phi) is 9.64. The second kappa shape index (κ2) is 12.3. The van der Waals surface area contributed by atoms with Crippen molar-refractivity contribution in [2.45, 2.75) is 46.0 Å². The van der Waals surface area contributed by atoms with Crippen LogP contribution in [0.1, 0.15) is 61.9 Å². The summed E-state index contributed by atoms with van der Waals surface area (Å²) in [5, 5.41) is 0. The standard InChI is InChI=1S/C24H33NO2/c1-3-5-17-25(18-6-4-2)19-12-20-27-23-16-11-10-15-22(23)24(26)21-13-8-7-9-14-21/h7-11,13-16H,3-6,12,17-20H2,1-2H3. The first-order valence-corrected chi connectivity index (χ1v) is 10.3. The Morgan fingerprint density at radius 1 is 0.815 bits per heavy atom. The van der Waals surface area contributed by atoms with Crippen LogP contribution >= 0.6 is 0 Å². The molecular formula is C24H33NO2. The van der Waals surface area contributed by atoms with Gasteiger partial charge in [-0.05, 0) is 44.5 Å². The predicted molar refractivity (Wildman–Crippen MR) is 113 cm³/mol. The van der Waals surface area contributed by atoms with Crippen molar-refractivity contribution in [3.63, 3.8) is 0 Å². The average molecular weight is 368 g/mol. The Bertz CT molecular complexity index is 661. The Morgan fingerprint density at radius 3 is 2.07 bits per heavy atom. The van der Waals surface area contributed by atoms with Crippen LogP contribution in [0.5, 0.6) is 5.75 Å². The molecule has 0 spiro atoms. The summed E-state index contributed by atoms with van der Waals surface area (Å²) < 4.78 is 5.99. The lowest BCUT2D eigenvalue weighted by Crippen LogP contribution is -2.28. The number of rotatable bonds is 13. The molecule has 0 saturated heterocycles. The van der Waals surface area contributed by atoms with Gasteiger partial charge >= 0.3 is 0 Å². The molecule has 146 valence electrons. The summed E-state index contributed by atoms with van der Waals surface area (Å²) >= 11 is 0. The van der Waals surface area contributed by atoms with Crippen LogP contribution in [0.2, 0.25) is 0 Å². The van der Waals surface area contributed by atoms with Gasteiger partial charge in [0.1, 0.15) is 5.75 Å². The van der Waals surface area contributed by atoms with Crippen LogP contribution in [-0.4, -0.2) is 36.9 Å². The third-order valence-corrected chi connectivity index (χ3v) is 4.70. The molecule has 2 aromatic rings. The van der Waals surface area contributed by atoms with Gasteiger partial charge in [0.05, 0.1) is 12.2 Å². The van der Waals surface area contributed by atoms with Gasteiger partial charge in [0.25, 0.3) is 0 Å². The average Bonchev–Trinajstić information content (AvgIpc) is 2.73. The van der Waals surface area contributed by atoms with Crippen LogP contribution in [0, 0.1) is 0 Å². The molecule has 0 aromatic heterocycles. The lowest BCUT2D eigenvalue weighted by molar-refractivity contribution is 0.103. The van der Waals surface area contributed by atoms with E-state index < -0.39 is 0 Å². The molecule has 0 heterocycles. The molecule has 3 nitrogen and oxygen atoms in total. The normalized spacial score (nSPS) is 10.9. The second-order valence-corrected chi connectivity index (χ2v) is 6.94. The number of hydrogen-bond donors (Lipinski definition) is 0. The fourth-order valence-corrected chi connectivity index (χ4v) is 3.09. The summed E-state index contributed by atoms with van der Waals surface area (Å²) in [7, 11) is 0. The minimum absolute atomic E-state index is 0.0127. The van der Waals surface area contributed by atoms with Gasteiger partial charge < -0.3 is 9.64 Å². The molecule has 0 aliphatic rings. The number of para-hydroxylation sites is 1. The van der Waals surface area contributed by atoms with E-state index in [4.69, 9.17) is 4.74 Å². The summed E-state index contributed by atoms with van der Waals surface area (Å²) in [5.74, 6) is 0.693. The molecule has 0 radical (unpaired) electrons. The predicted octanol–water partition coefficient (Wildman–Crippen LogP) is 5.59. The van der Waals surface area contributed by atoms with E-state index in [1.54, 1.807) is 0 Å². The van der Waals surface area contributed by atoms with E-state index in [2.05, 4.69) is 18.7 Å². The largest absolute Gasteiger partial charge is 0.493 e. The van der Waals surface area contributed by atoms with Crippen molar-refractivity contribution in [1.29, 1.82) is 0 Å². The topological polar surface area (TPSA) is 29.5 Å². The fraction of sp³-hybridized carbons (Fsp3) is 0.458. The van der Waals surface area contributed by atoms with Crippen LogP contribution < -0.4 is 4.74 Å². The molecule has 0 atom stereocenters. The zero-order valence-electron chi connectivity index (χ0n) is 16.8. The number of carbonyl (C=O) groups excluding carboxylic acids is 1. The minimum Gasteiger partial charge on any atom is -0.493 e. The van der Waals surface area contributed by atoms with Crippen molar-refractivity contribution in [2.75, 3.05) is 26.2 Å². The quantitative estimate of drug-likeness (QED) is 0.341. The van der Waals surface area contributed by atoms with Gasteiger partial charge in [0, 0.05) is 12.1 Å². The van der Waals surface area contributed by atoms with Crippen LogP contribution in [0.25, 0.3) is 0 Å². The van der Waals surface area contributed by atoms with Gasteiger partial charge in [0.2, 0.25) is 0 Å². The molecule has 0 amide bonds. The molecule has 0 unspecified atom stereocenters. The van der Waals surface area contributed by atoms with Gasteiger partial charge in [-0.1, -0.05) is 69.2 Å². The van der Waals surface area contributed by atoms with Gasteiger partial charge in [-0.15, -0.1) is 0 Å². The Labute approximate surface area is 164 Å². The SMILES string of the molecule is CCCCN(CCCC)CCCOc1ccccc1C(=O)c1ccccc1. The first-order chi connectivity index (χ1) is 13.3. The summed E-state index contributed by atoms with van der Waals surface area (Å²) in [6, 6.07) is 16.9. The molecule has 0 saturated carbocycles. The number of nitrogens with zero attached hydrogens (tertiary/aromatic N) is 1. The lowest BCUT2D eigenvalue weighted by atomic mass is 10.0. The zero-order valence-corrected chi connectivity index (χ0v) is 16.8. The Balaban J connectivity index is 1.89. The van der Waals surface area contributed by atoms with E-state index in [0.29, 0.717) is 23.5 Å². The summed E-state index contributed by atoms with van der Waals surface area (Å²) in [5.41, 5.74) is 1.33. The highest BCUT2D eigenvalue weighted by atomic mass is 16.5. The van der Waals surface area contributed by atoms with Gasteiger partial charge in [0.15, 0.2) is 5.78 Å². The molecule has 0 aliphatic carbocycles. The Hall–Kier alpha value is -2.13. The van der Waals surface area contributed by atoms with Crippen LogP contribution in [-0.2, 0) is 0 Å². The number of benzene rings is 2. The van der Waals surface area contributed by atoms with Crippen LogP contribution in [0.3, 0.4) is 0 Å². The molecular weight excluding hydrogens is 334 g/mol. The number of ketones is 1. The molecule has 3 heteroatoms. The minimum atomic E-state index is 0.0127. The van der Waals surface area contributed by atoms with Crippen molar-refractivity contribution >= 4 is 5.78 Å². The number of unbranched alkanes of at least 4 members (excludes halogenated alkanes) is 2. The molecule has 2 aromatic carbocycles. The van der Waals surface area contributed by atoms with Crippen molar-refractivity contribution in [1.82, 2.24) is 4.90 Å². The van der Waals surface area contributed by atoms with E-state index in [1.165, 1.54) is 38.8 Å². The summed E-state index contributed by atoms with van der Waals surface area (Å²) in [6.07, 6.45) is 5.93. The lowest BCUT2D eigenvalue weighted by Gasteiger charge is -2.22. The molecule has 0 N–H and O–H groups in total. The zero-order chi connectivity index (χ0) is 19.3. The maximum Gasteiger partial charge on any atom is 0.196 e. The molecule has 2 rings (SSSR count). The van der Waals surface area contributed by atoms with Gasteiger partial charge in [-0.3, -0.25) is 4.79 Å². The molecule has 0 bridgehead atoms. The van der Waals surface area contributed by atoms with E-state index in [-0.39, 0.29) is 5.78 Å². The fourth-order valence-electron chi connectivity index (χ4n) is 3.09. The monoisotopic (exact) mass is 367 g/mol. The highest BCUT2D eigenvalue weighted by molar-refractivity contribution is 6.10. The first kappa shape index (κ1) is 21.2.